The Balaban J connectivity index is 3.05. The fraction of sp³-hybridized carbons (Fsp3) is 0.125. The van der Waals surface area contributed by atoms with Crippen LogP contribution in [0.15, 0.2) is 11.1 Å². The Kier molecular flexibility index (Phi) is 1.64. The lowest BCUT2D eigenvalue weighted by molar-refractivity contribution is 1.18. The van der Waals surface area contributed by atoms with Gasteiger partial charge in [0.15, 0.2) is 0 Å². The molecule has 0 aliphatic carbocycles. The number of rotatable bonds is 0. The molecule has 0 aliphatic rings. The zero-order valence-electron chi connectivity index (χ0n) is 6.79. The molecule has 64 valence electrons. The molecule has 4 nitrogen and oxygen atoms in total. The molecule has 0 aromatic carbocycles. The fourth-order valence-electron chi connectivity index (χ4n) is 1.16. The van der Waals surface area contributed by atoms with Crippen molar-refractivity contribution < 1.29 is 0 Å². The summed E-state index contributed by atoms with van der Waals surface area (Å²) in [5.41, 5.74) is 0.833. The van der Waals surface area contributed by atoms with Gasteiger partial charge in [0, 0.05) is 4.88 Å². The van der Waals surface area contributed by atoms with E-state index in [2.05, 4.69) is 9.97 Å². The lowest BCUT2D eigenvalue weighted by Crippen LogP contribution is -2.03. The number of fused-ring (bicyclic) bond motifs is 1. The first kappa shape index (κ1) is 7.95. The van der Waals surface area contributed by atoms with Crippen LogP contribution in [0.1, 0.15) is 10.4 Å². The summed E-state index contributed by atoms with van der Waals surface area (Å²) in [5, 5.41) is 8.80. The van der Waals surface area contributed by atoms with Crippen molar-refractivity contribution >= 4 is 21.6 Å². The van der Waals surface area contributed by atoms with Gasteiger partial charge in [-0.3, -0.25) is 4.79 Å². The van der Waals surface area contributed by atoms with Gasteiger partial charge in [-0.2, -0.15) is 5.26 Å². The Morgan fingerprint density at radius 3 is 3.15 bits per heavy atom. The standard InChI is InChI=1S/C8H5N3OS/c1-4-5(2-9)6-7(13-4)8(12)11-3-10-6/h3H,1H3,(H,10,11,12). The van der Waals surface area contributed by atoms with Gasteiger partial charge in [0.2, 0.25) is 0 Å². The van der Waals surface area contributed by atoms with E-state index in [1.54, 1.807) is 0 Å². The molecule has 2 aromatic rings. The molecule has 0 bridgehead atoms. The molecule has 0 aliphatic heterocycles. The normalized spacial score (nSPS) is 10.2. The minimum Gasteiger partial charge on any atom is -0.312 e. The number of H-pyrrole nitrogens is 1. The van der Waals surface area contributed by atoms with Crippen molar-refractivity contribution in [1.82, 2.24) is 9.97 Å². The summed E-state index contributed by atoms with van der Waals surface area (Å²) in [6.07, 6.45) is 1.32. The van der Waals surface area contributed by atoms with Crippen molar-refractivity contribution in [1.29, 1.82) is 5.26 Å². The Hall–Kier alpha value is -1.67. The number of thiophene rings is 1. The third-order valence-corrected chi connectivity index (χ3v) is 2.86. The van der Waals surface area contributed by atoms with Crippen LogP contribution < -0.4 is 5.56 Å². The maximum Gasteiger partial charge on any atom is 0.268 e. The average molecular weight is 191 g/mol. The van der Waals surface area contributed by atoms with E-state index < -0.39 is 0 Å². The van der Waals surface area contributed by atoms with Gasteiger partial charge in [-0.25, -0.2) is 4.98 Å². The van der Waals surface area contributed by atoms with E-state index in [9.17, 15) is 4.79 Å². The quantitative estimate of drug-likeness (QED) is 0.679. The van der Waals surface area contributed by atoms with Gasteiger partial charge >= 0.3 is 0 Å². The number of hydrogen-bond acceptors (Lipinski definition) is 4. The Labute approximate surface area is 77.5 Å². The summed E-state index contributed by atoms with van der Waals surface area (Å²) in [4.78, 5) is 18.5. The van der Waals surface area contributed by atoms with Gasteiger partial charge in [0.05, 0.1) is 11.9 Å². The second kappa shape index (κ2) is 2.68. The van der Waals surface area contributed by atoms with Crippen molar-refractivity contribution in [3.8, 4) is 6.07 Å². The van der Waals surface area contributed by atoms with Crippen molar-refractivity contribution in [2.24, 2.45) is 0 Å². The minimum atomic E-state index is -0.181. The monoisotopic (exact) mass is 191 g/mol. The summed E-state index contributed by atoms with van der Waals surface area (Å²) in [6, 6.07) is 2.04. The van der Waals surface area contributed by atoms with Crippen LogP contribution in [0.4, 0.5) is 0 Å². The molecule has 5 heteroatoms. The summed E-state index contributed by atoms with van der Waals surface area (Å²) >= 11 is 1.30. The van der Waals surface area contributed by atoms with Gasteiger partial charge in [-0.15, -0.1) is 11.3 Å². The number of nitrogens with zero attached hydrogens (tertiary/aromatic N) is 2. The molecule has 2 rings (SSSR count). The van der Waals surface area contributed by atoms with Crippen LogP contribution in [0.2, 0.25) is 0 Å². The van der Waals surface area contributed by atoms with Gasteiger partial charge in [0.25, 0.3) is 5.56 Å². The number of aromatic nitrogens is 2. The summed E-state index contributed by atoms with van der Waals surface area (Å²) < 4.78 is 0.525. The van der Waals surface area contributed by atoms with E-state index in [4.69, 9.17) is 5.26 Å². The van der Waals surface area contributed by atoms with E-state index in [1.165, 1.54) is 17.7 Å². The van der Waals surface area contributed by atoms with Crippen LogP contribution in [0.25, 0.3) is 10.2 Å². The van der Waals surface area contributed by atoms with E-state index in [1.807, 2.05) is 13.0 Å². The van der Waals surface area contributed by atoms with Gasteiger partial charge in [-0.05, 0) is 6.92 Å². The van der Waals surface area contributed by atoms with Crippen LogP contribution in [0.3, 0.4) is 0 Å². The number of aromatic amines is 1. The highest BCUT2D eigenvalue weighted by atomic mass is 32.1. The molecule has 2 aromatic heterocycles. The first-order valence-electron chi connectivity index (χ1n) is 3.61. The number of aryl methyl sites for hydroxylation is 1. The molecule has 0 saturated heterocycles. The highest BCUT2D eigenvalue weighted by Crippen LogP contribution is 2.24. The van der Waals surface area contributed by atoms with Gasteiger partial charge in [-0.1, -0.05) is 0 Å². The number of hydrogen-bond donors (Lipinski definition) is 1. The van der Waals surface area contributed by atoms with Crippen molar-refractivity contribution in [3.05, 3.63) is 27.1 Å². The Bertz CT molecular complexity index is 561. The van der Waals surface area contributed by atoms with Crippen molar-refractivity contribution in [2.45, 2.75) is 6.92 Å². The second-order valence-corrected chi connectivity index (χ2v) is 3.78. The van der Waals surface area contributed by atoms with Crippen LogP contribution in [0, 0.1) is 18.3 Å². The van der Waals surface area contributed by atoms with E-state index in [0.29, 0.717) is 15.8 Å². The van der Waals surface area contributed by atoms with Gasteiger partial charge in [0.1, 0.15) is 16.3 Å². The molecular weight excluding hydrogens is 186 g/mol. The molecule has 2 heterocycles. The van der Waals surface area contributed by atoms with Crippen LogP contribution >= 0.6 is 11.3 Å². The molecule has 0 atom stereocenters. The lowest BCUT2D eigenvalue weighted by atomic mass is 10.2. The van der Waals surface area contributed by atoms with Crippen molar-refractivity contribution in [2.75, 3.05) is 0 Å². The fourth-order valence-corrected chi connectivity index (χ4v) is 2.12. The van der Waals surface area contributed by atoms with Crippen LogP contribution in [-0.4, -0.2) is 9.97 Å². The summed E-state index contributed by atoms with van der Waals surface area (Å²) in [5.74, 6) is 0. The SMILES string of the molecule is Cc1sc2c(=O)[nH]cnc2c1C#N. The Morgan fingerprint density at radius 1 is 1.69 bits per heavy atom. The zero-order valence-corrected chi connectivity index (χ0v) is 7.60. The minimum absolute atomic E-state index is 0.181. The molecule has 0 radical (unpaired) electrons. The average Bonchev–Trinajstić information content (AvgIpc) is 2.43. The number of nitriles is 1. The molecule has 0 unspecified atom stereocenters. The summed E-state index contributed by atoms with van der Waals surface area (Å²) in [7, 11) is 0. The molecule has 0 amide bonds. The van der Waals surface area contributed by atoms with Crippen LogP contribution in [0.5, 0.6) is 0 Å². The van der Waals surface area contributed by atoms with E-state index in [0.717, 1.165) is 4.88 Å². The molecule has 1 N–H and O–H groups in total. The second-order valence-electron chi connectivity index (χ2n) is 2.55. The number of nitrogens with one attached hydrogen (secondary N) is 1. The Morgan fingerprint density at radius 2 is 2.46 bits per heavy atom. The van der Waals surface area contributed by atoms with Crippen molar-refractivity contribution in [3.63, 3.8) is 0 Å². The lowest BCUT2D eigenvalue weighted by Gasteiger charge is -1.85. The molecule has 0 spiro atoms. The smallest absolute Gasteiger partial charge is 0.268 e. The van der Waals surface area contributed by atoms with Crippen LogP contribution in [-0.2, 0) is 0 Å². The maximum atomic E-state index is 11.3. The van der Waals surface area contributed by atoms with E-state index >= 15 is 0 Å². The predicted octanol–water partition coefficient (Wildman–Crippen LogP) is 1.16. The van der Waals surface area contributed by atoms with Gasteiger partial charge < -0.3 is 4.98 Å². The molecule has 13 heavy (non-hydrogen) atoms. The third kappa shape index (κ3) is 1.03. The molecule has 0 fully saturated rings. The first-order valence-corrected chi connectivity index (χ1v) is 4.42. The third-order valence-electron chi connectivity index (χ3n) is 1.77. The zero-order chi connectivity index (χ0) is 9.42. The topological polar surface area (TPSA) is 69.5 Å². The first-order chi connectivity index (χ1) is 6.24. The highest BCUT2D eigenvalue weighted by Gasteiger charge is 2.11. The molecule has 0 saturated carbocycles. The predicted molar refractivity (Wildman–Crippen MR) is 49.7 cm³/mol. The molecular formula is C8H5N3OS. The largest absolute Gasteiger partial charge is 0.312 e. The highest BCUT2D eigenvalue weighted by molar-refractivity contribution is 7.19. The maximum absolute atomic E-state index is 11.3. The van der Waals surface area contributed by atoms with E-state index in [-0.39, 0.29) is 5.56 Å². The summed E-state index contributed by atoms with van der Waals surface area (Å²) in [6.45, 7) is 1.81.